The zero-order valence-electron chi connectivity index (χ0n) is 10.3. The minimum Gasteiger partial charge on any atom is -0.469 e. The fraction of sp³-hybridized carbons (Fsp3) is 0.286. The Balaban J connectivity index is 1.88. The van der Waals surface area contributed by atoms with Crippen molar-refractivity contribution in [3.8, 4) is 0 Å². The highest BCUT2D eigenvalue weighted by molar-refractivity contribution is 5.53. The van der Waals surface area contributed by atoms with Crippen LogP contribution in [0.15, 0.2) is 41.0 Å². The van der Waals surface area contributed by atoms with E-state index in [0.717, 1.165) is 18.6 Å². The van der Waals surface area contributed by atoms with Crippen molar-refractivity contribution in [3.05, 3.63) is 48.2 Å². The number of furan rings is 1. The van der Waals surface area contributed by atoms with E-state index in [2.05, 4.69) is 5.32 Å². The maximum atomic E-state index is 13.6. The zero-order valence-corrected chi connectivity index (χ0v) is 10.3. The second kappa shape index (κ2) is 5.58. The predicted octanol–water partition coefficient (Wildman–Crippen LogP) is 3.43. The van der Waals surface area contributed by atoms with Gasteiger partial charge in [-0.05, 0) is 43.7 Å². The Kier molecular flexibility index (Phi) is 3.87. The van der Waals surface area contributed by atoms with Gasteiger partial charge in [0.15, 0.2) is 0 Å². The first kappa shape index (κ1) is 12.5. The van der Waals surface area contributed by atoms with Crippen LogP contribution in [0.1, 0.15) is 19.1 Å². The lowest BCUT2D eigenvalue weighted by molar-refractivity contribution is 0.494. The van der Waals surface area contributed by atoms with Crippen molar-refractivity contribution >= 4 is 11.4 Å². The molecule has 2 rings (SSSR count). The smallest absolute Gasteiger partial charge is 0.148 e. The fourth-order valence-electron chi connectivity index (χ4n) is 1.80. The molecule has 1 unspecified atom stereocenters. The molecule has 0 spiro atoms. The summed E-state index contributed by atoms with van der Waals surface area (Å²) < 4.78 is 18.8. The van der Waals surface area contributed by atoms with Crippen LogP contribution in [-0.4, -0.2) is 6.04 Å². The van der Waals surface area contributed by atoms with Crippen molar-refractivity contribution < 1.29 is 8.81 Å². The Labute approximate surface area is 106 Å². The van der Waals surface area contributed by atoms with Crippen molar-refractivity contribution in [1.82, 2.24) is 0 Å². The molecule has 4 heteroatoms. The molecule has 3 nitrogen and oxygen atoms in total. The van der Waals surface area contributed by atoms with Gasteiger partial charge in [0.2, 0.25) is 0 Å². The summed E-state index contributed by atoms with van der Waals surface area (Å²) >= 11 is 0. The van der Waals surface area contributed by atoms with E-state index in [1.165, 1.54) is 6.07 Å². The first-order valence-corrected chi connectivity index (χ1v) is 5.99. The number of anilines is 2. The van der Waals surface area contributed by atoms with Crippen molar-refractivity contribution in [2.24, 2.45) is 0 Å². The Morgan fingerprint density at radius 1 is 1.39 bits per heavy atom. The van der Waals surface area contributed by atoms with Gasteiger partial charge in [-0.15, -0.1) is 0 Å². The molecule has 0 saturated carbocycles. The van der Waals surface area contributed by atoms with Gasteiger partial charge in [0.05, 0.1) is 12.0 Å². The third kappa shape index (κ3) is 3.26. The van der Waals surface area contributed by atoms with Crippen LogP contribution in [0, 0.1) is 5.82 Å². The quantitative estimate of drug-likeness (QED) is 0.797. The number of hydrogen-bond donors (Lipinski definition) is 2. The molecule has 3 N–H and O–H groups in total. The van der Waals surface area contributed by atoms with Crippen LogP contribution in [0.4, 0.5) is 15.8 Å². The average Bonchev–Trinajstić information content (AvgIpc) is 2.83. The molecule has 0 aliphatic rings. The molecular weight excluding hydrogens is 231 g/mol. The van der Waals surface area contributed by atoms with E-state index >= 15 is 0 Å². The number of hydrogen-bond acceptors (Lipinski definition) is 3. The van der Waals surface area contributed by atoms with E-state index in [1.807, 2.05) is 19.1 Å². The topological polar surface area (TPSA) is 51.2 Å². The zero-order chi connectivity index (χ0) is 13.0. The van der Waals surface area contributed by atoms with Crippen LogP contribution in [0.3, 0.4) is 0 Å². The molecule has 0 saturated heterocycles. The van der Waals surface area contributed by atoms with E-state index in [1.54, 1.807) is 18.4 Å². The summed E-state index contributed by atoms with van der Waals surface area (Å²) in [5, 5.41) is 3.13. The highest BCUT2D eigenvalue weighted by Gasteiger charge is 2.07. The van der Waals surface area contributed by atoms with Crippen molar-refractivity contribution in [2.45, 2.75) is 25.8 Å². The van der Waals surface area contributed by atoms with Gasteiger partial charge in [-0.25, -0.2) is 4.39 Å². The summed E-state index contributed by atoms with van der Waals surface area (Å²) in [5.41, 5.74) is 6.42. The number of nitrogens with one attached hydrogen (secondary N) is 1. The summed E-state index contributed by atoms with van der Waals surface area (Å²) in [5.74, 6) is 0.626. The molecule has 1 aromatic heterocycles. The molecule has 0 radical (unpaired) electrons. The number of rotatable bonds is 5. The number of nitrogen functional groups attached to an aromatic ring is 1. The normalized spacial score (nSPS) is 12.3. The van der Waals surface area contributed by atoms with Gasteiger partial charge < -0.3 is 15.5 Å². The first-order chi connectivity index (χ1) is 8.65. The molecule has 1 aromatic carbocycles. The molecule has 0 aliphatic heterocycles. The predicted molar refractivity (Wildman–Crippen MR) is 70.9 cm³/mol. The summed E-state index contributed by atoms with van der Waals surface area (Å²) in [6, 6.07) is 8.64. The number of benzene rings is 1. The molecule has 96 valence electrons. The van der Waals surface area contributed by atoms with Gasteiger partial charge in [0.1, 0.15) is 11.6 Å². The third-order valence-corrected chi connectivity index (χ3v) is 2.80. The van der Waals surface area contributed by atoms with Crippen molar-refractivity contribution in [2.75, 3.05) is 11.1 Å². The van der Waals surface area contributed by atoms with Gasteiger partial charge in [0.25, 0.3) is 0 Å². The van der Waals surface area contributed by atoms with Gasteiger partial charge in [-0.2, -0.15) is 0 Å². The van der Waals surface area contributed by atoms with Crippen LogP contribution in [0.25, 0.3) is 0 Å². The minimum absolute atomic E-state index is 0.160. The highest BCUT2D eigenvalue weighted by atomic mass is 19.1. The Morgan fingerprint density at radius 3 is 2.89 bits per heavy atom. The van der Waals surface area contributed by atoms with Crippen LogP contribution in [0.5, 0.6) is 0 Å². The maximum absolute atomic E-state index is 13.6. The lowest BCUT2D eigenvalue weighted by atomic mass is 10.1. The lowest BCUT2D eigenvalue weighted by Crippen LogP contribution is -2.16. The molecule has 2 aromatic rings. The summed E-state index contributed by atoms with van der Waals surface area (Å²) in [6.45, 7) is 2.01. The molecule has 1 heterocycles. The minimum atomic E-state index is -0.320. The van der Waals surface area contributed by atoms with E-state index < -0.39 is 0 Å². The molecule has 0 bridgehead atoms. The van der Waals surface area contributed by atoms with E-state index in [-0.39, 0.29) is 11.9 Å². The monoisotopic (exact) mass is 248 g/mol. The second-order valence-electron chi connectivity index (χ2n) is 4.40. The van der Waals surface area contributed by atoms with Crippen LogP contribution in [-0.2, 0) is 6.42 Å². The van der Waals surface area contributed by atoms with Gasteiger partial charge in [0, 0.05) is 18.2 Å². The average molecular weight is 248 g/mol. The highest BCUT2D eigenvalue weighted by Crippen LogP contribution is 2.18. The van der Waals surface area contributed by atoms with Crippen LogP contribution < -0.4 is 11.1 Å². The molecule has 0 fully saturated rings. The molecule has 1 atom stereocenters. The van der Waals surface area contributed by atoms with Crippen molar-refractivity contribution in [3.63, 3.8) is 0 Å². The largest absolute Gasteiger partial charge is 0.469 e. The standard InChI is InChI=1S/C14H17FN2O/c1-10(4-6-12-3-2-8-18-12)17-14-7-5-11(16)9-13(14)15/h2-3,5,7-10,17H,4,6,16H2,1H3. The number of aryl methyl sites for hydroxylation is 1. The molecule has 18 heavy (non-hydrogen) atoms. The fourth-order valence-corrected chi connectivity index (χ4v) is 1.80. The maximum Gasteiger partial charge on any atom is 0.148 e. The Morgan fingerprint density at radius 2 is 2.22 bits per heavy atom. The van der Waals surface area contributed by atoms with E-state index in [0.29, 0.717) is 11.4 Å². The number of nitrogens with two attached hydrogens (primary N) is 1. The third-order valence-electron chi connectivity index (χ3n) is 2.80. The summed E-state index contributed by atoms with van der Waals surface area (Å²) in [4.78, 5) is 0. The molecular formula is C14H17FN2O. The lowest BCUT2D eigenvalue weighted by Gasteiger charge is -2.15. The summed E-state index contributed by atoms with van der Waals surface area (Å²) in [6.07, 6.45) is 3.36. The van der Waals surface area contributed by atoms with Crippen LogP contribution in [0.2, 0.25) is 0 Å². The van der Waals surface area contributed by atoms with Crippen LogP contribution >= 0.6 is 0 Å². The van der Waals surface area contributed by atoms with Gasteiger partial charge in [-0.3, -0.25) is 0 Å². The Hall–Kier alpha value is -1.97. The van der Waals surface area contributed by atoms with Crippen molar-refractivity contribution in [1.29, 1.82) is 0 Å². The van der Waals surface area contributed by atoms with Gasteiger partial charge >= 0.3 is 0 Å². The Bertz CT molecular complexity index is 497. The van der Waals surface area contributed by atoms with E-state index in [4.69, 9.17) is 10.2 Å². The van der Waals surface area contributed by atoms with Gasteiger partial charge in [-0.1, -0.05) is 0 Å². The summed E-state index contributed by atoms with van der Waals surface area (Å²) in [7, 11) is 0. The second-order valence-corrected chi connectivity index (χ2v) is 4.40. The SMILES string of the molecule is CC(CCc1ccco1)Nc1ccc(N)cc1F. The molecule has 0 amide bonds. The number of halogens is 1. The molecule has 0 aliphatic carbocycles. The van der Waals surface area contributed by atoms with E-state index in [9.17, 15) is 4.39 Å². The first-order valence-electron chi connectivity index (χ1n) is 5.99.